The number of anilines is 2. The summed E-state index contributed by atoms with van der Waals surface area (Å²) in [7, 11) is -3.13. The zero-order chi connectivity index (χ0) is 106. The van der Waals surface area contributed by atoms with Gasteiger partial charge in [0.1, 0.15) is 108 Å². The van der Waals surface area contributed by atoms with E-state index in [1.54, 1.807) is 83.1 Å². The maximum atomic E-state index is 16.5. The van der Waals surface area contributed by atoms with Gasteiger partial charge >= 0.3 is 24.1 Å². The van der Waals surface area contributed by atoms with E-state index in [2.05, 4.69) is 77.4 Å². The second-order valence-corrected chi connectivity index (χ2v) is 53.8. The van der Waals surface area contributed by atoms with Crippen molar-refractivity contribution in [3.05, 3.63) is 70.7 Å². The quantitative estimate of drug-likeness (QED) is 0.0155. The highest BCUT2D eigenvalue weighted by Gasteiger charge is 2.65. The molecule has 10 rings (SSSR count). The number of halogens is 2. The monoisotopic (exact) mass is 2060 g/mol. The second-order valence-electron chi connectivity index (χ2n) is 43.5. The molecule has 42 nitrogen and oxygen atoms in total. The van der Waals surface area contributed by atoms with Crippen LogP contribution in [0.5, 0.6) is 0 Å². The van der Waals surface area contributed by atoms with Crippen LogP contribution in [0.15, 0.2) is 49.6 Å². The van der Waals surface area contributed by atoms with Crippen LogP contribution < -0.4 is 64.2 Å². The Balaban J connectivity index is 1.04. The lowest BCUT2D eigenvalue weighted by molar-refractivity contribution is -0.161. The van der Waals surface area contributed by atoms with Crippen LogP contribution in [-0.4, -0.2) is 315 Å². The van der Waals surface area contributed by atoms with Crippen molar-refractivity contribution in [3.63, 3.8) is 0 Å². The first-order valence-electron chi connectivity index (χ1n) is 48.8. The Morgan fingerprint density at radius 3 is 1.06 bits per heavy atom. The third-order valence-corrected chi connectivity index (χ3v) is 37.6. The summed E-state index contributed by atoms with van der Waals surface area (Å²) < 4.78 is 46.4. The SMILES string of the molecule is C=CCOC(=O)[C@H](COC)NC(=O)[C@H]1CCCNN1C(=O)[C@@H]1CCCNN1C(=O)[C@H](NC(=O)[C@@H]1C[C@@]2(O)c3cc(-c4cc5c(cc4Cl)N[C@H]4N(C(=O)[C@H](NC(=O)OC(C)(C)C)[C@H](C)O[Si](C)(C)C(C)(C)C)[C@H](C(=O)N[C@@H](C(=O)N6NCCC[C@H]6C(=O)N6NCCC[C@@H]6C(=O)N[C@@H](COC)C(=O)OCC=C)C(C)C)C[C@@]54O)c(Cl)cc3N[C@H]2N1C(=O)[C@H](NC(=O)OC(C)(C)C)[C@H](C)O[Si](C)(C)C(C)(C)C)C(C)C. The van der Waals surface area contributed by atoms with Gasteiger partial charge < -0.3 is 99.8 Å². The van der Waals surface area contributed by atoms with E-state index < -0.39 is 254 Å². The van der Waals surface area contributed by atoms with E-state index in [1.807, 2.05) is 67.7 Å². The maximum absolute atomic E-state index is 16.5. The Hall–Kier alpha value is -9.69. The highest BCUT2D eigenvalue weighted by Crippen LogP contribution is 2.56. The summed E-state index contributed by atoms with van der Waals surface area (Å²) in [6.45, 7) is 46.4. The molecule has 2 aromatic carbocycles. The average molecular weight is 2070 g/mol. The van der Waals surface area contributed by atoms with Gasteiger partial charge in [0.25, 0.3) is 23.6 Å². The lowest BCUT2D eigenvalue weighted by Gasteiger charge is -2.43. The molecule has 0 unspecified atom stereocenters. The van der Waals surface area contributed by atoms with Crippen molar-refractivity contribution >= 4 is 134 Å². The number of hydrazine groups is 4. The van der Waals surface area contributed by atoms with Crippen LogP contribution in [0.2, 0.25) is 46.3 Å². The normalized spacial score (nSPS) is 24.2. The number of esters is 2. The number of alkyl carbamates (subject to hydrolysis) is 2. The van der Waals surface area contributed by atoms with E-state index in [4.69, 9.17) is 60.5 Å². The Bertz CT molecular complexity index is 4750. The molecule has 46 heteroatoms. The number of aliphatic hydroxyl groups is 2. The van der Waals surface area contributed by atoms with Crippen LogP contribution in [0, 0.1) is 11.8 Å². The summed E-state index contributed by atoms with van der Waals surface area (Å²) in [5.74, 6) is -11.4. The number of ether oxygens (including phenoxy) is 6. The van der Waals surface area contributed by atoms with Crippen molar-refractivity contribution in [3.8, 4) is 11.1 Å². The number of hydrogen-bond acceptors (Lipinski definition) is 30. The molecule has 12 amide bonds. The van der Waals surface area contributed by atoms with Gasteiger partial charge in [-0.25, -0.2) is 40.9 Å². The molecule has 18 atom stereocenters. The number of fused-ring (bicyclic) bond motifs is 6. The molecule has 6 fully saturated rings. The van der Waals surface area contributed by atoms with Crippen LogP contribution in [0.3, 0.4) is 0 Å². The number of nitrogens with one attached hydrogen (secondary N) is 12. The lowest BCUT2D eigenvalue weighted by Crippen LogP contribution is -2.68. The zero-order valence-corrected chi connectivity index (χ0v) is 89.8. The molecule has 14 N–H and O–H groups in total. The molecular weight excluding hydrogens is 1920 g/mol. The van der Waals surface area contributed by atoms with E-state index in [1.165, 1.54) is 50.6 Å². The van der Waals surface area contributed by atoms with Crippen molar-refractivity contribution in [2.24, 2.45) is 11.8 Å². The number of nitrogens with zero attached hydrogens (tertiary/aromatic N) is 6. The fourth-order valence-electron chi connectivity index (χ4n) is 18.6. The molecule has 0 aliphatic carbocycles. The first-order chi connectivity index (χ1) is 66.1. The highest BCUT2D eigenvalue weighted by molar-refractivity contribution is 6.74. The number of likely N-dealkylation sites (tertiary alicyclic amines) is 2. The number of hydrogen-bond donors (Lipinski definition) is 14. The summed E-state index contributed by atoms with van der Waals surface area (Å²) in [4.78, 5) is 213. The van der Waals surface area contributed by atoms with Gasteiger partial charge in [0.05, 0.1) is 35.5 Å². The molecule has 790 valence electrons. The van der Waals surface area contributed by atoms with Crippen LogP contribution in [-0.2, 0) is 106 Å². The predicted octanol–water partition coefficient (Wildman–Crippen LogP) is 6.33. The first kappa shape index (κ1) is 114. The van der Waals surface area contributed by atoms with Crippen molar-refractivity contribution in [1.29, 1.82) is 0 Å². The largest absolute Gasteiger partial charge is 0.460 e. The summed E-state index contributed by atoms with van der Waals surface area (Å²) in [6.07, 6.45) is -4.15. The standard InChI is InChI=1S/C96H150Cl2N18O24Si2/c1-27-41-135-85(127)63(49-133-21)103-75(117)65-33-29-37-99-113(65)79(121)67-35-31-39-101-115(67)83(125)71(51(3)4)107-77(119)69-47-95(131)57-43-55(59(97)45-61(57)105-87(95)111(69)81(123)73(109-89(129)137-91(9,10)11)53(7)139-141(23,24)93(15,16)17)56-44-58-62(46-60(56)98)106-88-96(58,132)48-70(112(88)82(124)74(110-90(130)138-92(12,13)14)54(8)140-142(25,26)94(18,19)20)78(120)108-72(52(5)6)84(126)116-68(36-32-40-102-116)80(122)114-66(34-30-38-100-114)76(118)104-64(50-134-22)86(128)136-42-28-2/h27-28,43-46,51-54,63-74,87-88,99-102,105-106,131-132H,1-2,29-42,47-50H2,3-26H3,(H,103,117)(H,104,118)(H,107,119)(H,108,120)(H,109,129)(H,110,130)/t53-,54-,63-,64-,65+,66+,67-,68-,69-,70-,71+,72+,73+,74+,87-,88-,95+,96+/m0/s1. The van der Waals surface area contributed by atoms with E-state index >= 15 is 38.4 Å². The minimum Gasteiger partial charge on any atom is -0.460 e. The Morgan fingerprint density at radius 1 is 0.451 bits per heavy atom. The molecule has 0 saturated carbocycles. The molecule has 8 aliphatic heterocycles. The van der Waals surface area contributed by atoms with Gasteiger partial charge in [0, 0.05) is 86.9 Å². The van der Waals surface area contributed by atoms with Gasteiger partial charge in [0.15, 0.2) is 28.7 Å². The minimum atomic E-state index is -2.90. The van der Waals surface area contributed by atoms with Gasteiger partial charge in [-0.15, -0.1) is 0 Å². The van der Waals surface area contributed by atoms with Crippen LogP contribution in [0.25, 0.3) is 11.1 Å². The van der Waals surface area contributed by atoms with Gasteiger partial charge in [-0.1, -0.05) is 118 Å². The second kappa shape index (κ2) is 45.9. The maximum Gasteiger partial charge on any atom is 0.408 e. The fourth-order valence-corrected chi connectivity index (χ4v) is 21.9. The smallest absolute Gasteiger partial charge is 0.408 e. The van der Waals surface area contributed by atoms with Crippen molar-refractivity contribution < 1.29 is 115 Å². The summed E-state index contributed by atoms with van der Waals surface area (Å²) >= 11 is 15.0. The fraction of sp³-hybridized carbons (Fsp3) is 0.688. The van der Waals surface area contributed by atoms with Gasteiger partial charge in [-0.3, -0.25) is 68.0 Å². The number of amides is 12. The molecular formula is C96H150Cl2N18O24Si2. The molecule has 8 heterocycles. The number of rotatable bonds is 35. The summed E-state index contributed by atoms with van der Waals surface area (Å²) in [5, 5.41) is 54.8. The Morgan fingerprint density at radius 2 is 0.761 bits per heavy atom. The third kappa shape index (κ3) is 25.5. The Labute approximate surface area is 843 Å². The number of methoxy groups -OCH3 is 2. The number of carbonyl (C=O) groups excluding carboxylic acids is 14. The van der Waals surface area contributed by atoms with E-state index in [0.717, 1.165) is 29.8 Å². The highest BCUT2D eigenvalue weighted by atomic mass is 35.5. The van der Waals surface area contributed by atoms with Gasteiger partial charge in [0.2, 0.25) is 35.4 Å². The topological polar surface area (TPSA) is 517 Å². The number of benzene rings is 2. The summed E-state index contributed by atoms with van der Waals surface area (Å²) in [5.41, 5.74) is 5.82. The van der Waals surface area contributed by atoms with Crippen LogP contribution in [0.4, 0.5) is 21.0 Å². The molecule has 6 saturated heterocycles. The van der Waals surface area contributed by atoms with Crippen LogP contribution in [0.1, 0.15) is 200 Å². The molecule has 142 heavy (non-hydrogen) atoms. The average Bonchev–Trinajstić information content (AvgIpc) is 1.54. The lowest BCUT2D eigenvalue weighted by atomic mass is 9.86. The van der Waals surface area contributed by atoms with E-state index in [-0.39, 0.29) is 122 Å². The van der Waals surface area contributed by atoms with Crippen LogP contribution >= 0.6 is 23.2 Å². The zero-order valence-electron chi connectivity index (χ0n) is 86.3. The van der Waals surface area contributed by atoms with Crippen molar-refractivity contribution in [1.82, 2.24) is 83.4 Å². The molecule has 0 spiro atoms. The minimum absolute atomic E-state index is 0.0382. The van der Waals surface area contributed by atoms with Gasteiger partial charge in [-0.05, 0) is 179 Å². The molecule has 2 aromatic rings. The molecule has 8 aliphatic rings. The molecule has 0 radical (unpaired) electrons. The third-order valence-electron chi connectivity index (χ3n) is 27.8. The van der Waals surface area contributed by atoms with Crippen molar-refractivity contribution in [2.45, 2.75) is 345 Å². The van der Waals surface area contributed by atoms with E-state index in [0.29, 0.717) is 25.7 Å². The number of carbonyl (C=O) groups is 14. The Kier molecular flexibility index (Phi) is 37.0. The van der Waals surface area contributed by atoms with E-state index in [9.17, 15) is 39.0 Å². The predicted molar refractivity (Wildman–Crippen MR) is 532 cm³/mol. The summed E-state index contributed by atoms with van der Waals surface area (Å²) in [6, 6.07) is -11.5. The molecule has 0 aromatic heterocycles. The van der Waals surface area contributed by atoms with Crippen molar-refractivity contribution in [2.75, 3.05) is 77.5 Å². The first-order valence-corrected chi connectivity index (χ1v) is 55.4. The molecule has 0 bridgehead atoms. The van der Waals surface area contributed by atoms with Gasteiger partial charge in [-0.2, -0.15) is 0 Å².